The van der Waals surface area contributed by atoms with Crippen LogP contribution in [0.2, 0.25) is 0 Å². The minimum absolute atomic E-state index is 0.0712. The third-order valence-electron chi connectivity index (χ3n) is 7.35. The Hall–Kier alpha value is -3.78. The van der Waals surface area contributed by atoms with E-state index in [0.717, 1.165) is 47.7 Å². The SMILES string of the molecule is C[C@@H](CC(=O)O)c1ccc(OCc2ccc3c(-c4cc(F)c(CO)c(F)c4)nn(C4CCCC4)c3c2)cc1. The van der Waals surface area contributed by atoms with Crippen LogP contribution in [0.4, 0.5) is 8.78 Å². The molecule has 1 aliphatic rings. The van der Waals surface area contributed by atoms with Gasteiger partial charge in [-0.25, -0.2) is 8.78 Å². The monoisotopic (exact) mass is 520 g/mol. The Morgan fingerprint density at radius 2 is 1.76 bits per heavy atom. The van der Waals surface area contributed by atoms with Crippen molar-refractivity contribution in [2.45, 2.75) is 64.2 Å². The molecule has 4 aromatic rings. The second kappa shape index (κ2) is 10.9. The summed E-state index contributed by atoms with van der Waals surface area (Å²) in [5.74, 6) is -1.82. The molecular formula is C30H30F2N2O4. The molecule has 0 spiro atoms. The first-order chi connectivity index (χ1) is 18.3. The largest absolute Gasteiger partial charge is 0.489 e. The molecule has 6 nitrogen and oxygen atoms in total. The number of carboxylic acid groups (broad SMARTS) is 1. The summed E-state index contributed by atoms with van der Waals surface area (Å²) < 4.78 is 36.9. The van der Waals surface area contributed by atoms with Gasteiger partial charge in [-0.05, 0) is 60.2 Å². The number of aliphatic hydroxyl groups is 1. The van der Waals surface area contributed by atoms with E-state index in [4.69, 9.17) is 14.9 Å². The van der Waals surface area contributed by atoms with Gasteiger partial charge >= 0.3 is 5.97 Å². The van der Waals surface area contributed by atoms with Gasteiger partial charge in [-0.3, -0.25) is 9.48 Å². The third kappa shape index (κ3) is 5.27. The summed E-state index contributed by atoms with van der Waals surface area (Å²) in [6.07, 6.45) is 4.28. The number of ether oxygens (including phenoxy) is 1. The molecule has 0 aliphatic heterocycles. The molecule has 1 aliphatic carbocycles. The number of aliphatic hydroxyl groups excluding tert-OH is 1. The lowest BCUT2D eigenvalue weighted by Crippen LogP contribution is -2.07. The van der Waals surface area contributed by atoms with Crippen molar-refractivity contribution in [2.75, 3.05) is 0 Å². The quantitative estimate of drug-likeness (QED) is 0.255. The zero-order valence-electron chi connectivity index (χ0n) is 21.2. The van der Waals surface area contributed by atoms with E-state index in [0.29, 0.717) is 23.6 Å². The summed E-state index contributed by atoms with van der Waals surface area (Å²) in [6, 6.07) is 16.0. The van der Waals surface area contributed by atoms with Gasteiger partial charge in [0.2, 0.25) is 0 Å². The van der Waals surface area contributed by atoms with E-state index < -0.39 is 24.2 Å². The van der Waals surface area contributed by atoms with Crippen molar-refractivity contribution in [3.63, 3.8) is 0 Å². The fourth-order valence-electron chi connectivity index (χ4n) is 5.24. The maximum atomic E-state index is 14.5. The van der Waals surface area contributed by atoms with E-state index in [2.05, 4.69) is 0 Å². The minimum atomic E-state index is -0.828. The molecule has 0 radical (unpaired) electrons. The van der Waals surface area contributed by atoms with Crippen LogP contribution in [0.5, 0.6) is 5.75 Å². The summed E-state index contributed by atoms with van der Waals surface area (Å²) in [4.78, 5) is 11.0. The van der Waals surface area contributed by atoms with Gasteiger partial charge in [-0.15, -0.1) is 0 Å². The van der Waals surface area contributed by atoms with Crippen LogP contribution in [0.15, 0.2) is 54.6 Å². The summed E-state index contributed by atoms with van der Waals surface area (Å²) in [6.45, 7) is 1.49. The smallest absolute Gasteiger partial charge is 0.303 e. The molecule has 1 aromatic heterocycles. The van der Waals surface area contributed by atoms with Crippen LogP contribution in [-0.2, 0) is 18.0 Å². The van der Waals surface area contributed by atoms with E-state index in [-0.39, 0.29) is 23.9 Å². The lowest BCUT2D eigenvalue weighted by Gasteiger charge is -2.13. The molecule has 0 unspecified atom stereocenters. The molecule has 0 bridgehead atoms. The van der Waals surface area contributed by atoms with Crippen LogP contribution in [0.25, 0.3) is 22.2 Å². The molecule has 1 fully saturated rings. The first-order valence-corrected chi connectivity index (χ1v) is 12.9. The molecule has 1 heterocycles. The fraction of sp³-hybridized carbons (Fsp3) is 0.333. The molecule has 198 valence electrons. The number of halogens is 2. The predicted octanol–water partition coefficient (Wildman–Crippen LogP) is 6.75. The molecule has 3 aromatic carbocycles. The van der Waals surface area contributed by atoms with Crippen molar-refractivity contribution >= 4 is 16.9 Å². The lowest BCUT2D eigenvalue weighted by molar-refractivity contribution is -0.137. The Morgan fingerprint density at radius 1 is 1.08 bits per heavy atom. The van der Waals surface area contributed by atoms with E-state index in [1.165, 1.54) is 12.1 Å². The van der Waals surface area contributed by atoms with Crippen LogP contribution < -0.4 is 4.74 Å². The average molecular weight is 521 g/mol. The summed E-state index contributed by atoms with van der Waals surface area (Å²) >= 11 is 0. The maximum absolute atomic E-state index is 14.5. The lowest BCUT2D eigenvalue weighted by atomic mass is 9.98. The Morgan fingerprint density at radius 3 is 2.39 bits per heavy atom. The molecule has 38 heavy (non-hydrogen) atoms. The fourth-order valence-corrected chi connectivity index (χ4v) is 5.24. The molecule has 1 atom stereocenters. The highest BCUT2D eigenvalue weighted by molar-refractivity contribution is 5.94. The Kier molecular flexibility index (Phi) is 7.42. The summed E-state index contributed by atoms with van der Waals surface area (Å²) in [5, 5.41) is 23.9. The number of rotatable bonds is 9. The first-order valence-electron chi connectivity index (χ1n) is 12.9. The van der Waals surface area contributed by atoms with E-state index in [9.17, 15) is 18.7 Å². The van der Waals surface area contributed by atoms with Crippen LogP contribution in [0.1, 0.15) is 67.7 Å². The van der Waals surface area contributed by atoms with E-state index in [1.54, 1.807) is 0 Å². The maximum Gasteiger partial charge on any atom is 0.303 e. The number of nitrogens with zero attached hydrogens (tertiary/aromatic N) is 2. The van der Waals surface area contributed by atoms with Gasteiger partial charge in [-0.1, -0.05) is 44.0 Å². The van der Waals surface area contributed by atoms with Gasteiger partial charge < -0.3 is 14.9 Å². The van der Waals surface area contributed by atoms with Crippen LogP contribution in [0, 0.1) is 11.6 Å². The van der Waals surface area contributed by atoms with Crippen molar-refractivity contribution in [3.8, 4) is 17.0 Å². The minimum Gasteiger partial charge on any atom is -0.489 e. The molecule has 8 heteroatoms. The van der Waals surface area contributed by atoms with Gasteiger partial charge in [-0.2, -0.15) is 5.10 Å². The van der Waals surface area contributed by atoms with E-state index in [1.807, 2.05) is 54.1 Å². The molecule has 5 rings (SSSR count). The topological polar surface area (TPSA) is 84.6 Å². The van der Waals surface area contributed by atoms with Gasteiger partial charge in [0.15, 0.2) is 0 Å². The van der Waals surface area contributed by atoms with E-state index >= 15 is 0 Å². The van der Waals surface area contributed by atoms with Crippen LogP contribution in [-0.4, -0.2) is 26.0 Å². The number of carboxylic acids is 1. The van der Waals surface area contributed by atoms with Gasteiger partial charge in [0.1, 0.15) is 29.7 Å². The third-order valence-corrected chi connectivity index (χ3v) is 7.35. The van der Waals surface area contributed by atoms with Crippen molar-refractivity contribution in [1.82, 2.24) is 9.78 Å². The zero-order valence-corrected chi connectivity index (χ0v) is 21.2. The van der Waals surface area contributed by atoms with Gasteiger partial charge in [0, 0.05) is 16.5 Å². The predicted molar refractivity (Wildman–Crippen MR) is 140 cm³/mol. The summed E-state index contributed by atoms with van der Waals surface area (Å²) in [7, 11) is 0. The Bertz CT molecular complexity index is 1440. The number of hydrogen-bond donors (Lipinski definition) is 2. The second-order valence-corrected chi connectivity index (χ2v) is 10.0. The zero-order chi connectivity index (χ0) is 26.8. The number of benzene rings is 3. The number of aromatic nitrogens is 2. The highest BCUT2D eigenvalue weighted by atomic mass is 19.1. The second-order valence-electron chi connectivity index (χ2n) is 10.0. The van der Waals surface area contributed by atoms with Crippen molar-refractivity contribution in [1.29, 1.82) is 0 Å². The van der Waals surface area contributed by atoms with Crippen LogP contribution >= 0.6 is 0 Å². The normalized spacial score (nSPS) is 14.7. The molecule has 0 amide bonds. The molecule has 1 saturated carbocycles. The Balaban J connectivity index is 1.43. The number of hydrogen-bond acceptors (Lipinski definition) is 4. The number of fused-ring (bicyclic) bond motifs is 1. The highest BCUT2D eigenvalue weighted by Gasteiger charge is 2.23. The van der Waals surface area contributed by atoms with Gasteiger partial charge in [0.25, 0.3) is 0 Å². The van der Waals surface area contributed by atoms with Crippen LogP contribution in [0.3, 0.4) is 0 Å². The average Bonchev–Trinajstić information content (AvgIpc) is 3.55. The molecular weight excluding hydrogens is 490 g/mol. The van der Waals surface area contributed by atoms with Crippen molar-refractivity contribution < 1.29 is 28.5 Å². The summed E-state index contributed by atoms with van der Waals surface area (Å²) in [5.41, 5.74) is 3.25. The number of aliphatic carboxylic acids is 1. The standard InChI is InChI=1S/C30H30F2N2O4/c1-18(12-29(36)37)20-7-9-23(10-8-20)38-17-19-6-11-24-28(13-19)34(22-4-2-3-5-22)33-30(24)21-14-26(31)25(16-35)27(32)15-21/h6-11,13-15,18,22,35H,2-5,12,16-17H2,1H3,(H,36,37)/t18-/m0/s1. The van der Waals surface area contributed by atoms with Gasteiger partial charge in [0.05, 0.1) is 24.6 Å². The number of carbonyl (C=O) groups is 1. The first kappa shape index (κ1) is 25.9. The van der Waals surface area contributed by atoms with Crippen molar-refractivity contribution in [2.24, 2.45) is 0 Å². The Labute approximate surface area is 219 Å². The molecule has 2 N–H and O–H groups in total. The highest BCUT2D eigenvalue weighted by Crippen LogP contribution is 2.37. The van der Waals surface area contributed by atoms with Crippen molar-refractivity contribution in [3.05, 3.63) is 82.9 Å². The molecule has 0 saturated heterocycles.